The summed E-state index contributed by atoms with van der Waals surface area (Å²) in [6.45, 7) is 1.56. The van der Waals surface area contributed by atoms with Crippen LogP contribution in [0.15, 0.2) is 73.1 Å². The lowest BCUT2D eigenvalue weighted by Gasteiger charge is -2.35. The van der Waals surface area contributed by atoms with Crippen molar-refractivity contribution in [3.05, 3.63) is 111 Å². The number of carbonyl (C=O) groups excluding carboxylic acids is 2. The summed E-state index contributed by atoms with van der Waals surface area (Å²) in [6, 6.07) is 12.9. The highest BCUT2D eigenvalue weighted by atomic mass is 35.5. The lowest BCUT2D eigenvalue weighted by atomic mass is 9.71. The predicted octanol–water partition coefficient (Wildman–Crippen LogP) is 10.8. The van der Waals surface area contributed by atoms with E-state index in [1.807, 2.05) is 12.4 Å². The summed E-state index contributed by atoms with van der Waals surface area (Å²) in [4.78, 5) is 48.7. The molecule has 0 bridgehead atoms. The molecule has 1 heterocycles. The van der Waals surface area contributed by atoms with E-state index in [2.05, 4.69) is 28.3 Å². The molecule has 0 saturated heterocycles. The van der Waals surface area contributed by atoms with Gasteiger partial charge in [0, 0.05) is 30.1 Å². The SMILES string of the molecule is CC[C@H]1CC[C@H](C2CC=C(c3cnc(-c4ccc(CN(CC(=O)O)C(=O)c5ccc(NC(=O)Cc6ccc(OC)cc6C(F)(F)F)c(Cl)c5Cl)cc4)nc3)CC2)CC1. The molecule has 2 amide bonds. The predicted molar refractivity (Wildman–Crippen MR) is 218 cm³/mol. The number of ether oxygens (including phenoxy) is 1. The van der Waals surface area contributed by atoms with E-state index in [-0.39, 0.29) is 39.2 Å². The number of aliphatic carboxylic acids is 1. The first-order valence-corrected chi connectivity index (χ1v) is 20.1. The first-order valence-electron chi connectivity index (χ1n) is 19.4. The van der Waals surface area contributed by atoms with Crippen molar-refractivity contribution in [3.63, 3.8) is 0 Å². The van der Waals surface area contributed by atoms with Crippen LogP contribution in [0, 0.1) is 17.8 Å². The molecule has 4 aromatic rings. The molecule has 9 nitrogen and oxygen atoms in total. The molecular weight excluding hydrogens is 792 g/mol. The Hall–Kier alpha value is -4.94. The largest absolute Gasteiger partial charge is 0.497 e. The van der Waals surface area contributed by atoms with Gasteiger partial charge in [-0.15, -0.1) is 0 Å². The van der Waals surface area contributed by atoms with Crippen LogP contribution in [0.3, 0.4) is 0 Å². The summed E-state index contributed by atoms with van der Waals surface area (Å²) in [5.41, 5.74) is 2.20. The van der Waals surface area contributed by atoms with E-state index >= 15 is 0 Å². The second-order valence-corrected chi connectivity index (χ2v) is 15.8. The molecule has 1 fully saturated rings. The number of carboxylic acid groups (broad SMARTS) is 1. The number of benzene rings is 3. The number of allylic oxidation sites excluding steroid dienone is 2. The maximum absolute atomic E-state index is 13.7. The van der Waals surface area contributed by atoms with Gasteiger partial charge in [-0.3, -0.25) is 14.4 Å². The molecule has 2 aliphatic carbocycles. The third-order valence-corrected chi connectivity index (χ3v) is 12.3. The van der Waals surface area contributed by atoms with Crippen molar-refractivity contribution in [1.29, 1.82) is 0 Å². The molecule has 1 atom stereocenters. The molecule has 0 aliphatic heterocycles. The summed E-state index contributed by atoms with van der Waals surface area (Å²) in [5.74, 6) is 0.199. The van der Waals surface area contributed by atoms with Gasteiger partial charge in [-0.1, -0.05) is 85.8 Å². The Morgan fingerprint density at radius 1 is 0.914 bits per heavy atom. The normalized spacial score (nSPS) is 18.3. The number of aromatic nitrogens is 2. The van der Waals surface area contributed by atoms with Crippen LogP contribution in [-0.4, -0.2) is 51.4 Å². The molecule has 1 saturated carbocycles. The number of amides is 2. The minimum atomic E-state index is -4.73. The summed E-state index contributed by atoms with van der Waals surface area (Å²) in [7, 11) is 1.23. The Morgan fingerprint density at radius 3 is 2.22 bits per heavy atom. The van der Waals surface area contributed by atoms with Crippen molar-refractivity contribution in [3.8, 4) is 17.1 Å². The fraction of sp³-hybridized carbons (Fsp3) is 0.386. The van der Waals surface area contributed by atoms with Gasteiger partial charge in [0.25, 0.3) is 5.91 Å². The van der Waals surface area contributed by atoms with Crippen molar-refractivity contribution >= 4 is 52.2 Å². The summed E-state index contributed by atoms with van der Waals surface area (Å²) < 4.78 is 45.9. The van der Waals surface area contributed by atoms with Crippen LogP contribution in [0.25, 0.3) is 17.0 Å². The molecule has 0 spiro atoms. The van der Waals surface area contributed by atoms with Crippen molar-refractivity contribution in [2.24, 2.45) is 17.8 Å². The zero-order valence-corrected chi connectivity index (χ0v) is 33.8. The molecule has 1 aromatic heterocycles. The third-order valence-electron chi connectivity index (χ3n) is 11.4. The number of carbonyl (C=O) groups is 3. The van der Waals surface area contributed by atoms with Gasteiger partial charge in [0.15, 0.2) is 5.82 Å². The lowest BCUT2D eigenvalue weighted by molar-refractivity contribution is -0.139. The fourth-order valence-corrected chi connectivity index (χ4v) is 8.51. The van der Waals surface area contributed by atoms with E-state index < -0.39 is 42.5 Å². The van der Waals surface area contributed by atoms with Gasteiger partial charge in [-0.2, -0.15) is 13.2 Å². The van der Waals surface area contributed by atoms with E-state index in [1.165, 1.54) is 69.4 Å². The number of alkyl halides is 3. The second-order valence-electron chi connectivity index (χ2n) is 15.0. The monoisotopic (exact) mass is 836 g/mol. The van der Waals surface area contributed by atoms with Gasteiger partial charge >= 0.3 is 12.1 Å². The van der Waals surface area contributed by atoms with Crippen LogP contribution in [0.1, 0.15) is 90.9 Å². The average Bonchev–Trinajstić information content (AvgIpc) is 3.22. The van der Waals surface area contributed by atoms with E-state index in [9.17, 15) is 32.7 Å². The number of rotatable bonds is 13. The van der Waals surface area contributed by atoms with E-state index in [0.717, 1.165) is 58.8 Å². The maximum Gasteiger partial charge on any atom is 0.416 e. The molecule has 6 rings (SSSR count). The highest BCUT2D eigenvalue weighted by Gasteiger charge is 2.34. The molecule has 0 radical (unpaired) electrons. The smallest absolute Gasteiger partial charge is 0.416 e. The molecule has 58 heavy (non-hydrogen) atoms. The second kappa shape index (κ2) is 18.8. The number of anilines is 1. The number of nitrogens with zero attached hydrogens (tertiary/aromatic N) is 3. The number of hydrogen-bond acceptors (Lipinski definition) is 6. The highest BCUT2D eigenvalue weighted by Crippen LogP contribution is 2.42. The van der Waals surface area contributed by atoms with Gasteiger partial charge in [0.05, 0.1) is 40.4 Å². The van der Waals surface area contributed by atoms with Gasteiger partial charge in [0.1, 0.15) is 12.3 Å². The van der Waals surface area contributed by atoms with Gasteiger partial charge in [0.2, 0.25) is 5.91 Å². The first-order chi connectivity index (χ1) is 27.7. The molecule has 2 N–H and O–H groups in total. The van der Waals surface area contributed by atoms with Crippen molar-refractivity contribution in [2.75, 3.05) is 19.0 Å². The Kier molecular flexibility index (Phi) is 13.8. The summed E-state index contributed by atoms with van der Waals surface area (Å²) >= 11 is 12.9. The highest BCUT2D eigenvalue weighted by molar-refractivity contribution is 6.45. The van der Waals surface area contributed by atoms with Crippen LogP contribution >= 0.6 is 23.2 Å². The van der Waals surface area contributed by atoms with E-state index in [4.69, 9.17) is 27.9 Å². The Labute approximate surface area is 345 Å². The fourth-order valence-electron chi connectivity index (χ4n) is 8.05. The van der Waals surface area contributed by atoms with E-state index in [1.54, 1.807) is 24.3 Å². The first kappa shape index (κ1) is 42.7. The molecule has 3 aromatic carbocycles. The van der Waals surface area contributed by atoms with Crippen molar-refractivity contribution in [2.45, 2.75) is 77.4 Å². The zero-order chi connectivity index (χ0) is 41.6. The Morgan fingerprint density at radius 2 is 1.62 bits per heavy atom. The average molecular weight is 838 g/mol. The Bertz CT molecular complexity index is 2150. The van der Waals surface area contributed by atoms with Crippen LogP contribution in [0.2, 0.25) is 10.0 Å². The maximum atomic E-state index is 13.7. The van der Waals surface area contributed by atoms with Crippen LogP contribution < -0.4 is 10.1 Å². The van der Waals surface area contributed by atoms with Crippen LogP contribution in [0.4, 0.5) is 18.9 Å². The third kappa shape index (κ3) is 10.4. The van der Waals surface area contributed by atoms with Crippen molar-refractivity contribution in [1.82, 2.24) is 14.9 Å². The molecule has 1 unspecified atom stereocenters. The summed E-state index contributed by atoms with van der Waals surface area (Å²) in [6.07, 6.45) is 10.8. The number of carboxylic acids is 1. The number of halogens is 5. The molecular formula is C44H45Cl2F3N4O5. The van der Waals surface area contributed by atoms with E-state index in [0.29, 0.717) is 11.4 Å². The minimum absolute atomic E-state index is 0.0181. The quantitative estimate of drug-likeness (QED) is 0.137. The topological polar surface area (TPSA) is 122 Å². The lowest BCUT2D eigenvalue weighted by Crippen LogP contribution is -2.35. The number of hydrogen-bond donors (Lipinski definition) is 2. The minimum Gasteiger partial charge on any atom is -0.497 e. The zero-order valence-electron chi connectivity index (χ0n) is 32.3. The van der Waals surface area contributed by atoms with Crippen LogP contribution in [-0.2, 0) is 28.7 Å². The number of methoxy groups -OCH3 is 1. The molecule has 14 heteroatoms. The van der Waals surface area contributed by atoms with Gasteiger partial charge in [-0.05, 0) is 90.8 Å². The van der Waals surface area contributed by atoms with Crippen LogP contribution in [0.5, 0.6) is 5.75 Å². The standard InChI is InChI=1S/C44H45Cl2F3N4O5/c1-3-26-4-8-28(9-5-26)29-12-14-30(15-13-29)33-22-50-42(51-23-33)31-10-6-27(7-11-31)24-53(25-39(55)56)43(57)35-18-19-37(41(46)40(35)45)52-38(54)20-32-16-17-34(58-2)21-36(32)44(47,48)49/h6-7,10-11,14,16-19,21-23,26,28-29H,3-5,8-9,12-13,15,20,24-25H2,1-2H3,(H,52,54)(H,55,56)/t26-,28-,29?. The van der Waals surface area contributed by atoms with Gasteiger partial charge < -0.3 is 20.1 Å². The number of nitrogens with one attached hydrogen (secondary N) is 1. The summed E-state index contributed by atoms with van der Waals surface area (Å²) in [5, 5.41) is 11.6. The Balaban J connectivity index is 1.08. The van der Waals surface area contributed by atoms with Crippen molar-refractivity contribution < 1.29 is 37.4 Å². The van der Waals surface area contributed by atoms with Gasteiger partial charge in [-0.25, -0.2) is 9.97 Å². The molecule has 2 aliphatic rings. The molecule has 306 valence electrons.